The van der Waals surface area contributed by atoms with Crippen molar-refractivity contribution >= 4 is 17.0 Å². The lowest BCUT2D eigenvalue weighted by atomic mass is 10.1. The van der Waals surface area contributed by atoms with Crippen LogP contribution < -0.4 is 0 Å². The van der Waals surface area contributed by atoms with E-state index in [-0.39, 0.29) is 11.0 Å². The molecule has 6 heteroatoms. The van der Waals surface area contributed by atoms with Crippen molar-refractivity contribution in [3.8, 4) is 0 Å². The lowest BCUT2D eigenvalue weighted by Gasteiger charge is -2.01. The average molecular weight is 212 g/mol. The van der Waals surface area contributed by atoms with Gasteiger partial charge >= 0.3 is 5.97 Å². The third-order valence-corrected chi connectivity index (χ3v) is 2.13. The molecule has 0 spiro atoms. The van der Waals surface area contributed by atoms with Crippen LogP contribution >= 0.6 is 0 Å². The van der Waals surface area contributed by atoms with Crippen LogP contribution in [0.1, 0.15) is 10.4 Å². The molecule has 0 unspecified atom stereocenters. The van der Waals surface area contributed by atoms with Crippen molar-refractivity contribution in [1.82, 2.24) is 9.55 Å². The third kappa shape index (κ3) is 1.25. The summed E-state index contributed by atoms with van der Waals surface area (Å²) in [6.07, 6.45) is 1.29. The Bertz CT molecular complexity index is 563. The van der Waals surface area contributed by atoms with E-state index in [0.717, 1.165) is 6.07 Å². The van der Waals surface area contributed by atoms with Crippen molar-refractivity contribution in [1.29, 1.82) is 0 Å². The molecule has 0 saturated carbocycles. The number of hydrogen-bond donors (Lipinski definition) is 1. The number of nitrogens with zero attached hydrogens (tertiary/aromatic N) is 2. The molecule has 0 fully saturated rings. The van der Waals surface area contributed by atoms with Gasteiger partial charge in [0.05, 0.1) is 11.8 Å². The molecule has 0 radical (unpaired) electrons. The fourth-order valence-electron chi connectivity index (χ4n) is 1.39. The molecule has 78 valence electrons. The molecule has 1 N–H and O–H groups in total. The van der Waals surface area contributed by atoms with E-state index >= 15 is 0 Å². The maximum atomic E-state index is 13.5. The quantitative estimate of drug-likeness (QED) is 0.780. The number of benzene rings is 1. The van der Waals surface area contributed by atoms with Crippen LogP contribution in [0.4, 0.5) is 8.78 Å². The van der Waals surface area contributed by atoms with Crippen LogP contribution in [0.3, 0.4) is 0 Å². The molecule has 15 heavy (non-hydrogen) atoms. The van der Waals surface area contributed by atoms with Crippen LogP contribution in [-0.4, -0.2) is 20.6 Å². The Hall–Kier alpha value is -1.98. The van der Waals surface area contributed by atoms with E-state index < -0.39 is 23.2 Å². The van der Waals surface area contributed by atoms with Crippen LogP contribution in [0.2, 0.25) is 0 Å². The zero-order chi connectivity index (χ0) is 11.2. The second kappa shape index (κ2) is 3.01. The van der Waals surface area contributed by atoms with Crippen molar-refractivity contribution in [2.24, 2.45) is 7.05 Å². The van der Waals surface area contributed by atoms with Crippen LogP contribution in [0, 0.1) is 11.6 Å². The molecule has 1 aromatic carbocycles. The Morgan fingerprint density at radius 1 is 1.53 bits per heavy atom. The minimum atomic E-state index is -1.64. The molecule has 0 aliphatic heterocycles. The first-order valence-electron chi connectivity index (χ1n) is 4.04. The van der Waals surface area contributed by atoms with Crippen LogP contribution in [0.15, 0.2) is 12.4 Å². The largest absolute Gasteiger partial charge is 0.477 e. The Morgan fingerprint density at radius 3 is 2.80 bits per heavy atom. The van der Waals surface area contributed by atoms with Gasteiger partial charge < -0.3 is 9.67 Å². The summed E-state index contributed by atoms with van der Waals surface area (Å²) < 4.78 is 28.1. The number of imidazole rings is 1. The third-order valence-electron chi connectivity index (χ3n) is 2.13. The van der Waals surface area contributed by atoms with Crippen molar-refractivity contribution < 1.29 is 18.7 Å². The van der Waals surface area contributed by atoms with Gasteiger partial charge in [-0.05, 0) is 0 Å². The second-order valence-corrected chi connectivity index (χ2v) is 3.08. The van der Waals surface area contributed by atoms with Gasteiger partial charge in [0, 0.05) is 13.1 Å². The molecule has 2 rings (SSSR count). The molecular formula is C9H6F2N2O2. The van der Waals surface area contributed by atoms with Gasteiger partial charge in [0.2, 0.25) is 0 Å². The summed E-state index contributed by atoms with van der Waals surface area (Å²) in [6.45, 7) is 0. The first-order valence-corrected chi connectivity index (χ1v) is 4.04. The predicted octanol–water partition coefficient (Wildman–Crippen LogP) is 1.55. The van der Waals surface area contributed by atoms with E-state index in [2.05, 4.69) is 4.98 Å². The van der Waals surface area contributed by atoms with E-state index in [4.69, 9.17) is 5.11 Å². The number of carboxylic acids is 1. The Balaban J connectivity index is 2.91. The standard InChI is InChI=1S/C9H6F2N2O2/c1-13-3-12-8-5(13)2-4(10)6(7(8)11)9(14)15/h2-3H,1H3,(H,14,15). The zero-order valence-corrected chi connectivity index (χ0v) is 7.66. The number of rotatable bonds is 1. The van der Waals surface area contributed by atoms with Gasteiger partial charge in [-0.25, -0.2) is 18.6 Å². The van der Waals surface area contributed by atoms with Crippen LogP contribution in [-0.2, 0) is 7.05 Å². The van der Waals surface area contributed by atoms with E-state index in [9.17, 15) is 13.6 Å². The van der Waals surface area contributed by atoms with Gasteiger partial charge in [-0.2, -0.15) is 0 Å². The lowest BCUT2D eigenvalue weighted by Crippen LogP contribution is -2.05. The minimum absolute atomic E-state index is 0.142. The Labute approximate surface area is 82.8 Å². The van der Waals surface area contributed by atoms with Crippen molar-refractivity contribution in [3.05, 3.63) is 29.6 Å². The summed E-state index contributed by atoms with van der Waals surface area (Å²) in [7, 11) is 1.56. The van der Waals surface area contributed by atoms with Gasteiger partial charge in [0.1, 0.15) is 16.9 Å². The number of aryl methyl sites for hydroxylation is 1. The molecule has 4 nitrogen and oxygen atoms in total. The summed E-state index contributed by atoms with van der Waals surface area (Å²) in [5.41, 5.74) is -0.896. The number of hydrogen-bond acceptors (Lipinski definition) is 2. The van der Waals surface area contributed by atoms with Gasteiger partial charge in [0.25, 0.3) is 0 Å². The maximum absolute atomic E-state index is 13.5. The predicted molar refractivity (Wildman–Crippen MR) is 47.6 cm³/mol. The van der Waals surface area contributed by atoms with Crippen molar-refractivity contribution in [3.63, 3.8) is 0 Å². The van der Waals surface area contributed by atoms with E-state index in [1.165, 1.54) is 10.9 Å². The highest BCUT2D eigenvalue weighted by Gasteiger charge is 2.21. The van der Waals surface area contributed by atoms with Crippen LogP contribution in [0.5, 0.6) is 0 Å². The fraction of sp³-hybridized carbons (Fsp3) is 0.111. The summed E-state index contributed by atoms with van der Waals surface area (Å²) in [4.78, 5) is 14.2. The van der Waals surface area contributed by atoms with E-state index in [0.29, 0.717) is 0 Å². The topological polar surface area (TPSA) is 55.1 Å². The summed E-state index contributed by atoms with van der Waals surface area (Å²) >= 11 is 0. The number of aromatic carboxylic acids is 1. The minimum Gasteiger partial charge on any atom is -0.477 e. The number of halogens is 2. The fourth-order valence-corrected chi connectivity index (χ4v) is 1.39. The highest BCUT2D eigenvalue weighted by Crippen LogP contribution is 2.22. The smallest absolute Gasteiger partial charge is 0.341 e. The number of fused-ring (bicyclic) bond motifs is 1. The first-order chi connectivity index (χ1) is 7.02. The number of aromatic nitrogens is 2. The molecule has 1 heterocycles. The maximum Gasteiger partial charge on any atom is 0.341 e. The molecule has 0 aliphatic carbocycles. The molecule has 0 bridgehead atoms. The highest BCUT2D eigenvalue weighted by molar-refractivity contribution is 5.93. The van der Waals surface area contributed by atoms with Crippen molar-refractivity contribution in [2.45, 2.75) is 0 Å². The number of carboxylic acid groups (broad SMARTS) is 1. The van der Waals surface area contributed by atoms with Gasteiger partial charge in [-0.15, -0.1) is 0 Å². The van der Waals surface area contributed by atoms with Gasteiger partial charge in [0.15, 0.2) is 5.82 Å². The zero-order valence-electron chi connectivity index (χ0n) is 7.66. The molecule has 0 atom stereocenters. The molecular weight excluding hydrogens is 206 g/mol. The Morgan fingerprint density at radius 2 is 2.20 bits per heavy atom. The van der Waals surface area contributed by atoms with Crippen LogP contribution in [0.25, 0.3) is 11.0 Å². The van der Waals surface area contributed by atoms with Gasteiger partial charge in [-0.1, -0.05) is 0 Å². The van der Waals surface area contributed by atoms with Gasteiger partial charge in [-0.3, -0.25) is 0 Å². The Kier molecular flexibility index (Phi) is 1.92. The summed E-state index contributed by atoms with van der Waals surface area (Å²) in [5, 5.41) is 8.60. The summed E-state index contributed by atoms with van der Waals surface area (Å²) in [5.74, 6) is -3.88. The number of carbonyl (C=O) groups is 1. The molecule has 2 aromatic rings. The molecule has 0 saturated heterocycles. The lowest BCUT2D eigenvalue weighted by molar-refractivity contribution is 0.0687. The first kappa shape index (κ1) is 9.57. The average Bonchev–Trinajstić information content (AvgIpc) is 2.47. The monoisotopic (exact) mass is 212 g/mol. The van der Waals surface area contributed by atoms with Crippen molar-refractivity contribution in [2.75, 3.05) is 0 Å². The molecule has 0 amide bonds. The SMILES string of the molecule is Cn1cnc2c(F)c(C(=O)O)c(F)cc21. The second-order valence-electron chi connectivity index (χ2n) is 3.08. The highest BCUT2D eigenvalue weighted by atomic mass is 19.1. The van der Waals surface area contributed by atoms with E-state index in [1.54, 1.807) is 7.05 Å². The molecule has 1 aromatic heterocycles. The summed E-state index contributed by atoms with van der Waals surface area (Å²) in [6, 6.07) is 0.953. The van der Waals surface area contributed by atoms with E-state index in [1.807, 2.05) is 0 Å². The normalized spacial score (nSPS) is 10.9. The molecule has 0 aliphatic rings.